The van der Waals surface area contributed by atoms with Crippen molar-refractivity contribution in [2.24, 2.45) is 5.73 Å². The lowest BCUT2D eigenvalue weighted by Crippen LogP contribution is -2.44. The molecule has 0 aliphatic heterocycles. The molecule has 1 aliphatic carbocycles. The van der Waals surface area contributed by atoms with Gasteiger partial charge in [-0.2, -0.15) is 4.98 Å². The molecule has 2 N–H and O–H groups in total. The van der Waals surface area contributed by atoms with Crippen molar-refractivity contribution in [3.63, 3.8) is 0 Å². The van der Waals surface area contributed by atoms with Gasteiger partial charge in [0.05, 0.1) is 5.54 Å². The van der Waals surface area contributed by atoms with Crippen LogP contribution in [0, 0.1) is 13.8 Å². The maximum absolute atomic E-state index is 12.2. The van der Waals surface area contributed by atoms with Crippen molar-refractivity contribution in [3.8, 4) is 0 Å². The zero-order valence-corrected chi connectivity index (χ0v) is 13.1. The topological polar surface area (TPSA) is 82.0 Å². The quantitative estimate of drug-likeness (QED) is 0.859. The van der Waals surface area contributed by atoms with E-state index >= 15 is 0 Å². The second-order valence-corrected chi connectivity index (χ2v) is 7.23. The number of ketones is 1. The standard InChI is InChI=1S/C15H19N3O2S/c1-9-8-11(10(2)21-9)12(19)4-5-13-17-14(18-20-13)15(16)6-3-7-15/h8H,3-7,16H2,1-2H3. The molecule has 0 radical (unpaired) electrons. The molecule has 2 aromatic heterocycles. The summed E-state index contributed by atoms with van der Waals surface area (Å²) in [6.07, 6.45) is 3.76. The summed E-state index contributed by atoms with van der Waals surface area (Å²) in [4.78, 5) is 18.8. The van der Waals surface area contributed by atoms with Crippen molar-refractivity contribution in [2.45, 2.75) is 51.5 Å². The number of rotatable bonds is 5. The van der Waals surface area contributed by atoms with E-state index < -0.39 is 5.54 Å². The SMILES string of the molecule is Cc1cc(C(=O)CCc2nc(C3(N)CCC3)no2)c(C)s1. The van der Waals surface area contributed by atoms with Crippen LogP contribution in [0.15, 0.2) is 10.6 Å². The zero-order chi connectivity index (χ0) is 15.0. The fourth-order valence-corrected chi connectivity index (χ4v) is 3.55. The lowest BCUT2D eigenvalue weighted by Gasteiger charge is -2.34. The Kier molecular flexibility index (Phi) is 3.67. The first-order chi connectivity index (χ1) is 9.98. The Morgan fingerprint density at radius 2 is 2.24 bits per heavy atom. The van der Waals surface area contributed by atoms with Crippen molar-refractivity contribution < 1.29 is 9.32 Å². The normalized spacial score (nSPS) is 16.7. The van der Waals surface area contributed by atoms with Crippen molar-refractivity contribution >= 4 is 17.1 Å². The van der Waals surface area contributed by atoms with Crippen LogP contribution >= 0.6 is 11.3 Å². The van der Waals surface area contributed by atoms with Crippen LogP contribution in [0.1, 0.15) is 57.5 Å². The van der Waals surface area contributed by atoms with Gasteiger partial charge in [0.2, 0.25) is 5.89 Å². The molecule has 21 heavy (non-hydrogen) atoms. The predicted octanol–water partition coefficient (Wildman–Crippen LogP) is 2.90. The molecule has 0 bridgehead atoms. The smallest absolute Gasteiger partial charge is 0.227 e. The van der Waals surface area contributed by atoms with E-state index in [1.807, 2.05) is 19.9 Å². The van der Waals surface area contributed by atoms with E-state index in [4.69, 9.17) is 10.3 Å². The van der Waals surface area contributed by atoms with Gasteiger partial charge in [-0.3, -0.25) is 4.79 Å². The number of nitrogens with zero attached hydrogens (tertiary/aromatic N) is 2. The summed E-state index contributed by atoms with van der Waals surface area (Å²) in [5.74, 6) is 1.21. The van der Waals surface area contributed by atoms with Gasteiger partial charge in [0.1, 0.15) is 0 Å². The Morgan fingerprint density at radius 1 is 1.48 bits per heavy atom. The van der Waals surface area contributed by atoms with Crippen molar-refractivity contribution in [3.05, 3.63) is 33.1 Å². The Hall–Kier alpha value is -1.53. The molecular formula is C15H19N3O2S. The molecule has 2 heterocycles. The van der Waals surface area contributed by atoms with E-state index in [1.165, 1.54) is 0 Å². The van der Waals surface area contributed by atoms with E-state index in [0.29, 0.717) is 24.6 Å². The van der Waals surface area contributed by atoms with Gasteiger partial charge in [-0.25, -0.2) is 0 Å². The number of aryl methyl sites for hydroxylation is 3. The predicted molar refractivity (Wildman–Crippen MR) is 80.5 cm³/mol. The van der Waals surface area contributed by atoms with Gasteiger partial charge < -0.3 is 10.3 Å². The van der Waals surface area contributed by atoms with E-state index in [1.54, 1.807) is 11.3 Å². The summed E-state index contributed by atoms with van der Waals surface area (Å²) in [5, 5.41) is 3.96. The van der Waals surface area contributed by atoms with Crippen molar-refractivity contribution in [1.82, 2.24) is 10.1 Å². The molecule has 0 atom stereocenters. The fourth-order valence-electron chi connectivity index (χ4n) is 2.60. The minimum atomic E-state index is -0.410. The van der Waals surface area contributed by atoms with Gasteiger partial charge in [0.15, 0.2) is 11.6 Å². The summed E-state index contributed by atoms with van der Waals surface area (Å²) in [6.45, 7) is 3.99. The number of nitrogens with two attached hydrogens (primary N) is 1. The van der Waals surface area contributed by atoms with E-state index in [-0.39, 0.29) is 5.78 Å². The molecule has 112 valence electrons. The number of hydrogen-bond acceptors (Lipinski definition) is 6. The van der Waals surface area contributed by atoms with Crippen LogP contribution in [0.4, 0.5) is 0 Å². The first-order valence-corrected chi connectivity index (χ1v) is 8.02. The van der Waals surface area contributed by atoms with Crippen molar-refractivity contribution in [1.29, 1.82) is 0 Å². The molecular weight excluding hydrogens is 286 g/mol. The van der Waals surface area contributed by atoms with Crippen LogP contribution in [0.2, 0.25) is 0 Å². The van der Waals surface area contributed by atoms with Gasteiger partial charge in [-0.15, -0.1) is 11.3 Å². The lowest BCUT2D eigenvalue weighted by atomic mass is 9.77. The highest BCUT2D eigenvalue weighted by Gasteiger charge is 2.38. The number of Topliss-reactive ketones (excluding diaryl/α,β-unsaturated/α-hetero) is 1. The van der Waals surface area contributed by atoms with Crippen LogP contribution < -0.4 is 5.73 Å². The van der Waals surface area contributed by atoms with Crippen LogP contribution in [0.3, 0.4) is 0 Å². The van der Waals surface area contributed by atoms with Gasteiger partial charge >= 0.3 is 0 Å². The zero-order valence-electron chi connectivity index (χ0n) is 12.3. The number of aromatic nitrogens is 2. The molecule has 2 aromatic rings. The highest BCUT2D eigenvalue weighted by molar-refractivity contribution is 7.12. The third-order valence-electron chi connectivity index (χ3n) is 4.07. The molecule has 0 amide bonds. The molecule has 0 spiro atoms. The average Bonchev–Trinajstić information content (AvgIpc) is 3.00. The summed E-state index contributed by atoms with van der Waals surface area (Å²) in [7, 11) is 0. The molecule has 1 aliphatic rings. The van der Waals surface area contributed by atoms with Crippen LogP contribution in [-0.4, -0.2) is 15.9 Å². The number of thiophene rings is 1. The van der Waals surface area contributed by atoms with Gasteiger partial charge in [-0.05, 0) is 39.2 Å². The first-order valence-electron chi connectivity index (χ1n) is 7.20. The van der Waals surface area contributed by atoms with E-state index in [2.05, 4.69) is 10.1 Å². The highest BCUT2D eigenvalue weighted by Crippen LogP contribution is 2.36. The third-order valence-corrected chi connectivity index (χ3v) is 5.03. The number of hydrogen-bond donors (Lipinski definition) is 1. The van der Waals surface area contributed by atoms with Crippen LogP contribution in [-0.2, 0) is 12.0 Å². The van der Waals surface area contributed by atoms with Gasteiger partial charge in [-0.1, -0.05) is 5.16 Å². The van der Waals surface area contributed by atoms with Crippen molar-refractivity contribution in [2.75, 3.05) is 0 Å². The molecule has 1 saturated carbocycles. The Morgan fingerprint density at radius 3 is 2.81 bits per heavy atom. The number of carbonyl (C=O) groups excluding carboxylic acids is 1. The summed E-state index contributed by atoms with van der Waals surface area (Å²) < 4.78 is 5.22. The second kappa shape index (κ2) is 5.35. The fraction of sp³-hybridized carbons (Fsp3) is 0.533. The van der Waals surface area contributed by atoms with Crippen LogP contribution in [0.5, 0.6) is 0 Å². The lowest BCUT2D eigenvalue weighted by molar-refractivity contribution is 0.0979. The first kappa shape index (κ1) is 14.4. The average molecular weight is 305 g/mol. The third kappa shape index (κ3) is 2.78. The number of carbonyl (C=O) groups is 1. The Labute approximate surface area is 127 Å². The molecule has 3 rings (SSSR count). The van der Waals surface area contributed by atoms with Gasteiger partial charge in [0, 0.05) is 28.2 Å². The molecule has 5 nitrogen and oxygen atoms in total. The van der Waals surface area contributed by atoms with E-state index in [0.717, 1.165) is 34.6 Å². The largest absolute Gasteiger partial charge is 0.339 e. The van der Waals surface area contributed by atoms with E-state index in [9.17, 15) is 4.79 Å². The molecule has 6 heteroatoms. The minimum absolute atomic E-state index is 0.128. The Bertz CT molecular complexity index is 670. The summed E-state index contributed by atoms with van der Waals surface area (Å²) in [5.41, 5.74) is 6.56. The van der Waals surface area contributed by atoms with Gasteiger partial charge in [0.25, 0.3) is 0 Å². The van der Waals surface area contributed by atoms with Crippen LogP contribution in [0.25, 0.3) is 0 Å². The maximum Gasteiger partial charge on any atom is 0.227 e. The molecule has 0 aromatic carbocycles. The minimum Gasteiger partial charge on any atom is -0.339 e. The Balaban J connectivity index is 1.63. The highest BCUT2D eigenvalue weighted by atomic mass is 32.1. The molecule has 0 saturated heterocycles. The monoisotopic (exact) mass is 305 g/mol. The summed E-state index contributed by atoms with van der Waals surface area (Å²) in [6, 6.07) is 1.95. The molecule has 0 unspecified atom stereocenters. The summed E-state index contributed by atoms with van der Waals surface area (Å²) >= 11 is 1.65. The molecule has 1 fully saturated rings. The second-order valence-electron chi connectivity index (χ2n) is 5.77. The maximum atomic E-state index is 12.2.